The van der Waals surface area contributed by atoms with E-state index in [1.807, 2.05) is 6.92 Å². The van der Waals surface area contributed by atoms with Crippen molar-refractivity contribution in [3.8, 4) is 0 Å². The molecule has 7 heteroatoms. The Morgan fingerprint density at radius 3 is 1.55 bits per heavy atom. The fraction of sp³-hybridized carbons (Fsp3) is 1.00. The third-order valence-corrected chi connectivity index (χ3v) is 1.46. The van der Waals surface area contributed by atoms with E-state index in [1.165, 1.54) is 0 Å². The molecule has 0 radical (unpaired) electrons. The molecule has 0 aliphatic heterocycles. The van der Waals surface area contributed by atoms with Gasteiger partial charge in [0.25, 0.3) is 0 Å². The van der Waals surface area contributed by atoms with E-state index in [2.05, 4.69) is 8.85 Å². The molecule has 0 aromatic heterocycles. The summed E-state index contributed by atoms with van der Waals surface area (Å²) in [5.41, 5.74) is 0. The van der Waals surface area contributed by atoms with Gasteiger partial charge in [-0.25, -0.2) is 0 Å². The average Bonchev–Trinajstić information content (AvgIpc) is 1.86. The predicted octanol–water partition coefficient (Wildman–Crippen LogP) is -0.851. The quantitative estimate of drug-likeness (QED) is 0.548. The second kappa shape index (κ2) is 8.24. The fourth-order valence-electron chi connectivity index (χ4n) is 0.164. The molecule has 0 aliphatic carbocycles. The lowest BCUT2D eigenvalue weighted by Gasteiger charge is -2.01. The van der Waals surface area contributed by atoms with Gasteiger partial charge in [-0.1, -0.05) is 0 Å². The van der Waals surface area contributed by atoms with Gasteiger partial charge in [0, 0.05) is 6.61 Å². The SMILES string of the molecule is CCO[SiH3].FC(F)(F)CO[SiH3]. The van der Waals surface area contributed by atoms with Crippen molar-refractivity contribution in [1.29, 1.82) is 0 Å². The van der Waals surface area contributed by atoms with Crippen LogP contribution in [0.25, 0.3) is 0 Å². The number of hydrogen-bond donors (Lipinski definition) is 0. The Kier molecular flexibility index (Phi) is 10.3. The summed E-state index contributed by atoms with van der Waals surface area (Å²) < 4.78 is 41.5. The summed E-state index contributed by atoms with van der Waals surface area (Å²) in [6, 6.07) is 0. The van der Waals surface area contributed by atoms with Gasteiger partial charge in [0.05, 0.1) is 0 Å². The fourth-order valence-corrected chi connectivity index (χ4v) is 0.491. The molecule has 0 unspecified atom stereocenters. The Balaban J connectivity index is 0. The van der Waals surface area contributed by atoms with Crippen LogP contribution >= 0.6 is 0 Å². The van der Waals surface area contributed by atoms with Gasteiger partial charge in [0.1, 0.15) is 27.6 Å². The van der Waals surface area contributed by atoms with Crippen molar-refractivity contribution in [2.75, 3.05) is 13.2 Å². The normalized spacial score (nSPS) is 10.9. The van der Waals surface area contributed by atoms with Gasteiger partial charge in [0.2, 0.25) is 0 Å². The molecule has 0 spiro atoms. The number of halogens is 3. The molecule has 0 rings (SSSR count). The first-order chi connectivity index (χ1) is 4.97. The zero-order valence-corrected chi connectivity index (χ0v) is 10.9. The maximum Gasteiger partial charge on any atom is 0.410 e. The standard InChI is InChI=1S/C2H5F3OSi.C2H8OSi/c3-2(4,5)1-6-7;1-2-3-4/h1H2,7H3;2H2,1,4H3. The first-order valence-corrected chi connectivity index (χ1v) is 4.65. The van der Waals surface area contributed by atoms with E-state index in [0.717, 1.165) is 17.1 Å². The van der Waals surface area contributed by atoms with Crippen molar-refractivity contribution in [2.24, 2.45) is 0 Å². The molecule has 0 saturated carbocycles. The van der Waals surface area contributed by atoms with E-state index in [0.29, 0.717) is 0 Å². The molecule has 70 valence electrons. The third-order valence-electron chi connectivity index (χ3n) is 0.597. The summed E-state index contributed by atoms with van der Waals surface area (Å²) in [7, 11) is 1.04. The van der Waals surface area contributed by atoms with Crippen molar-refractivity contribution >= 4 is 21.0 Å². The molecule has 0 aromatic rings. The zero-order valence-electron chi connectivity index (χ0n) is 6.86. The van der Waals surface area contributed by atoms with Gasteiger partial charge in [-0.2, -0.15) is 13.2 Å². The van der Waals surface area contributed by atoms with Crippen molar-refractivity contribution in [1.82, 2.24) is 0 Å². The van der Waals surface area contributed by atoms with Crippen LogP contribution in [0.15, 0.2) is 0 Å². The van der Waals surface area contributed by atoms with Crippen LogP contribution in [-0.4, -0.2) is 40.4 Å². The Bertz CT molecular complexity index is 76.2. The predicted molar refractivity (Wildman–Crippen MR) is 43.5 cm³/mol. The summed E-state index contributed by atoms with van der Waals surface area (Å²) in [5.74, 6) is 0. The van der Waals surface area contributed by atoms with E-state index < -0.39 is 12.8 Å². The largest absolute Gasteiger partial charge is 0.428 e. The van der Waals surface area contributed by atoms with Crippen LogP contribution in [0.3, 0.4) is 0 Å². The van der Waals surface area contributed by atoms with Crippen LogP contribution in [0.4, 0.5) is 13.2 Å². The Labute approximate surface area is 70.2 Å². The molecule has 0 saturated heterocycles. The maximum atomic E-state index is 11.0. The lowest BCUT2D eigenvalue weighted by Crippen LogP contribution is -2.15. The molecule has 11 heavy (non-hydrogen) atoms. The van der Waals surface area contributed by atoms with E-state index in [1.54, 1.807) is 0 Å². The third kappa shape index (κ3) is 25.4. The highest BCUT2D eigenvalue weighted by Gasteiger charge is 2.25. The Morgan fingerprint density at radius 1 is 1.18 bits per heavy atom. The molecule has 0 amide bonds. The lowest BCUT2D eigenvalue weighted by atomic mass is 10.7. The first kappa shape index (κ1) is 13.7. The molecule has 0 heterocycles. The highest BCUT2D eigenvalue weighted by molar-refractivity contribution is 5.98. The molecule has 0 fully saturated rings. The van der Waals surface area contributed by atoms with Crippen LogP contribution in [0.2, 0.25) is 0 Å². The van der Waals surface area contributed by atoms with Crippen LogP contribution in [0, 0.1) is 0 Å². The summed E-state index contributed by atoms with van der Waals surface area (Å²) in [5, 5.41) is 0. The van der Waals surface area contributed by atoms with Crippen LogP contribution in [0.5, 0.6) is 0 Å². The second-order valence-electron chi connectivity index (χ2n) is 1.63. The zero-order chi connectivity index (χ0) is 9.33. The molecule has 0 aromatic carbocycles. The minimum Gasteiger partial charge on any atom is -0.428 e. The summed E-state index contributed by atoms with van der Waals surface area (Å²) in [4.78, 5) is 0. The van der Waals surface area contributed by atoms with Crippen molar-refractivity contribution in [3.05, 3.63) is 0 Å². The maximum absolute atomic E-state index is 11.0. The van der Waals surface area contributed by atoms with Gasteiger partial charge in [-0.3, -0.25) is 0 Å². The molecule has 0 aliphatic rings. The number of rotatable bonds is 2. The second-order valence-corrected chi connectivity index (χ2v) is 2.78. The molecule has 0 N–H and O–H groups in total. The van der Waals surface area contributed by atoms with Crippen LogP contribution in [0.1, 0.15) is 6.92 Å². The number of alkyl halides is 3. The highest BCUT2D eigenvalue weighted by atomic mass is 28.2. The van der Waals surface area contributed by atoms with Crippen molar-refractivity contribution in [2.45, 2.75) is 13.1 Å². The minimum absolute atomic E-state index is 0.150. The lowest BCUT2D eigenvalue weighted by molar-refractivity contribution is -0.152. The van der Waals surface area contributed by atoms with Gasteiger partial charge < -0.3 is 8.85 Å². The van der Waals surface area contributed by atoms with Crippen LogP contribution in [-0.2, 0) is 8.85 Å². The Hall–Kier alpha value is 0.144. The molecule has 2 nitrogen and oxygen atoms in total. The van der Waals surface area contributed by atoms with Crippen molar-refractivity contribution < 1.29 is 22.0 Å². The van der Waals surface area contributed by atoms with Gasteiger partial charge >= 0.3 is 6.18 Å². The summed E-state index contributed by atoms with van der Waals surface area (Å²) >= 11 is 0. The number of hydrogen-bond acceptors (Lipinski definition) is 2. The smallest absolute Gasteiger partial charge is 0.410 e. The van der Waals surface area contributed by atoms with E-state index in [4.69, 9.17) is 0 Å². The van der Waals surface area contributed by atoms with Gasteiger partial charge in [0.15, 0.2) is 0 Å². The summed E-state index contributed by atoms with van der Waals surface area (Å²) in [6.45, 7) is 1.78. The van der Waals surface area contributed by atoms with Crippen LogP contribution < -0.4 is 0 Å². The van der Waals surface area contributed by atoms with Gasteiger partial charge in [-0.05, 0) is 6.92 Å². The molecule has 0 atom stereocenters. The monoisotopic (exact) mass is 206 g/mol. The van der Waals surface area contributed by atoms with E-state index in [9.17, 15) is 13.2 Å². The van der Waals surface area contributed by atoms with Gasteiger partial charge in [-0.15, -0.1) is 0 Å². The topological polar surface area (TPSA) is 18.5 Å². The average molecular weight is 206 g/mol. The minimum atomic E-state index is -4.14. The first-order valence-electron chi connectivity index (χ1n) is 3.02. The summed E-state index contributed by atoms with van der Waals surface area (Å²) in [6.07, 6.45) is -4.14. The molecular formula is C4H13F3O2Si2. The molecular weight excluding hydrogens is 193 g/mol. The highest BCUT2D eigenvalue weighted by Crippen LogP contribution is 2.13. The van der Waals surface area contributed by atoms with E-state index in [-0.39, 0.29) is 10.5 Å². The van der Waals surface area contributed by atoms with Crippen molar-refractivity contribution in [3.63, 3.8) is 0 Å². The van der Waals surface area contributed by atoms with E-state index >= 15 is 0 Å². The molecule has 0 bridgehead atoms. The Morgan fingerprint density at radius 2 is 1.55 bits per heavy atom.